The minimum absolute atomic E-state index is 0.363. The van der Waals surface area contributed by atoms with E-state index in [0.29, 0.717) is 5.92 Å². The molecule has 0 aromatic rings. The van der Waals surface area contributed by atoms with Crippen LogP contribution in [0.3, 0.4) is 0 Å². The highest BCUT2D eigenvalue weighted by molar-refractivity contribution is 4.75. The summed E-state index contributed by atoms with van der Waals surface area (Å²) in [5.74, 6) is 0.363. The van der Waals surface area contributed by atoms with Gasteiger partial charge in [0.05, 0.1) is 0 Å². The standard InChI is InChI=1S/C10H21O/c1-5-7-8-9(6-2)10(3,4)11/h9H,5-8H2,1-4H3. The van der Waals surface area contributed by atoms with Crippen LogP contribution in [0.2, 0.25) is 0 Å². The zero-order valence-electron chi connectivity index (χ0n) is 8.31. The molecule has 0 spiro atoms. The molecule has 0 amide bonds. The molecule has 1 unspecified atom stereocenters. The zero-order chi connectivity index (χ0) is 8.91. The highest BCUT2D eigenvalue weighted by Crippen LogP contribution is 2.25. The molecule has 0 rings (SSSR count). The van der Waals surface area contributed by atoms with Gasteiger partial charge in [0.15, 0.2) is 0 Å². The highest BCUT2D eigenvalue weighted by atomic mass is 16.3. The Morgan fingerprint density at radius 3 is 2.09 bits per heavy atom. The van der Waals surface area contributed by atoms with Crippen molar-refractivity contribution in [3.8, 4) is 0 Å². The van der Waals surface area contributed by atoms with Crippen molar-refractivity contribution in [2.45, 2.75) is 59.0 Å². The van der Waals surface area contributed by atoms with E-state index >= 15 is 0 Å². The third-order valence-electron chi connectivity index (χ3n) is 2.38. The fraction of sp³-hybridized carbons (Fsp3) is 1.00. The third kappa shape index (κ3) is 4.41. The van der Waals surface area contributed by atoms with E-state index in [2.05, 4.69) is 13.8 Å². The van der Waals surface area contributed by atoms with Crippen LogP contribution in [0.4, 0.5) is 0 Å². The van der Waals surface area contributed by atoms with Gasteiger partial charge in [-0.15, -0.1) is 0 Å². The van der Waals surface area contributed by atoms with Gasteiger partial charge in [-0.25, -0.2) is 5.11 Å². The van der Waals surface area contributed by atoms with E-state index in [1.165, 1.54) is 12.8 Å². The second-order valence-corrected chi connectivity index (χ2v) is 3.85. The van der Waals surface area contributed by atoms with Crippen molar-refractivity contribution in [3.05, 3.63) is 0 Å². The molecule has 0 aliphatic heterocycles. The van der Waals surface area contributed by atoms with Gasteiger partial charge in [0.1, 0.15) is 5.60 Å². The average molecular weight is 157 g/mol. The lowest BCUT2D eigenvalue weighted by Crippen LogP contribution is -2.28. The van der Waals surface area contributed by atoms with E-state index in [4.69, 9.17) is 0 Å². The second-order valence-electron chi connectivity index (χ2n) is 3.85. The monoisotopic (exact) mass is 157 g/mol. The molecule has 1 atom stereocenters. The third-order valence-corrected chi connectivity index (χ3v) is 2.38. The van der Waals surface area contributed by atoms with Gasteiger partial charge in [0.2, 0.25) is 0 Å². The van der Waals surface area contributed by atoms with E-state index in [9.17, 15) is 5.11 Å². The van der Waals surface area contributed by atoms with Crippen molar-refractivity contribution in [2.75, 3.05) is 0 Å². The summed E-state index contributed by atoms with van der Waals surface area (Å²) >= 11 is 0. The molecule has 67 valence electrons. The molecule has 0 aliphatic carbocycles. The fourth-order valence-corrected chi connectivity index (χ4v) is 1.49. The molecule has 0 heterocycles. The number of hydrogen-bond acceptors (Lipinski definition) is 0. The summed E-state index contributed by atoms with van der Waals surface area (Å²) in [6, 6.07) is 0. The van der Waals surface area contributed by atoms with Crippen molar-refractivity contribution in [2.24, 2.45) is 5.92 Å². The molecule has 1 radical (unpaired) electrons. The Hall–Kier alpha value is -0.0400. The molecule has 0 saturated carbocycles. The largest absolute Gasteiger partial charge is 0.230 e. The maximum absolute atomic E-state index is 11.5. The number of unbranched alkanes of at least 4 members (excludes halogenated alkanes) is 1. The Morgan fingerprint density at radius 1 is 1.27 bits per heavy atom. The van der Waals surface area contributed by atoms with E-state index in [-0.39, 0.29) is 0 Å². The van der Waals surface area contributed by atoms with Crippen LogP contribution in [0.15, 0.2) is 0 Å². The van der Waals surface area contributed by atoms with Crippen molar-refractivity contribution in [1.29, 1.82) is 0 Å². The Labute approximate surface area is 70.8 Å². The summed E-state index contributed by atoms with van der Waals surface area (Å²) in [5.41, 5.74) is -0.732. The van der Waals surface area contributed by atoms with Gasteiger partial charge in [0, 0.05) is 0 Å². The molecule has 0 N–H and O–H groups in total. The van der Waals surface area contributed by atoms with Crippen LogP contribution < -0.4 is 0 Å². The molecule has 0 aliphatic rings. The topological polar surface area (TPSA) is 19.9 Å². The zero-order valence-corrected chi connectivity index (χ0v) is 8.31. The van der Waals surface area contributed by atoms with Crippen LogP contribution in [-0.2, 0) is 5.11 Å². The lowest BCUT2D eigenvalue weighted by Gasteiger charge is -2.25. The van der Waals surface area contributed by atoms with Gasteiger partial charge in [-0.05, 0) is 26.2 Å². The predicted molar refractivity (Wildman–Crippen MR) is 48.1 cm³/mol. The maximum Gasteiger partial charge on any atom is 0.101 e. The molecule has 0 fully saturated rings. The Balaban J connectivity index is 3.76. The second kappa shape index (κ2) is 4.76. The first-order valence-electron chi connectivity index (χ1n) is 4.72. The summed E-state index contributed by atoms with van der Waals surface area (Å²) < 4.78 is 0. The van der Waals surface area contributed by atoms with Gasteiger partial charge < -0.3 is 0 Å². The van der Waals surface area contributed by atoms with Crippen molar-refractivity contribution < 1.29 is 5.11 Å². The van der Waals surface area contributed by atoms with Crippen molar-refractivity contribution in [3.63, 3.8) is 0 Å². The molecular formula is C10H21O. The van der Waals surface area contributed by atoms with Crippen LogP contribution >= 0.6 is 0 Å². The van der Waals surface area contributed by atoms with Crippen LogP contribution in [0, 0.1) is 5.92 Å². The van der Waals surface area contributed by atoms with Gasteiger partial charge in [0.25, 0.3) is 0 Å². The van der Waals surface area contributed by atoms with Crippen molar-refractivity contribution >= 4 is 0 Å². The smallest absolute Gasteiger partial charge is 0.101 e. The number of hydrogen-bond donors (Lipinski definition) is 0. The summed E-state index contributed by atoms with van der Waals surface area (Å²) in [5, 5.41) is 11.5. The lowest BCUT2D eigenvalue weighted by atomic mass is 9.85. The summed E-state index contributed by atoms with van der Waals surface area (Å²) in [6.45, 7) is 7.89. The van der Waals surface area contributed by atoms with E-state index in [0.717, 1.165) is 12.8 Å². The van der Waals surface area contributed by atoms with Gasteiger partial charge in [-0.2, -0.15) is 0 Å². The van der Waals surface area contributed by atoms with E-state index < -0.39 is 5.60 Å². The first-order valence-corrected chi connectivity index (χ1v) is 4.72. The molecule has 1 heteroatoms. The van der Waals surface area contributed by atoms with Gasteiger partial charge in [-0.1, -0.05) is 33.1 Å². The SMILES string of the molecule is CCCCC(CC)C(C)(C)[O]. The maximum atomic E-state index is 11.5. The summed E-state index contributed by atoms with van der Waals surface area (Å²) in [4.78, 5) is 0. The van der Waals surface area contributed by atoms with E-state index in [1.54, 1.807) is 13.8 Å². The summed E-state index contributed by atoms with van der Waals surface area (Å²) in [6.07, 6.45) is 4.52. The Bertz CT molecular complexity index is 91.5. The molecule has 1 nitrogen and oxygen atoms in total. The molecule has 11 heavy (non-hydrogen) atoms. The highest BCUT2D eigenvalue weighted by Gasteiger charge is 2.26. The van der Waals surface area contributed by atoms with Gasteiger partial charge in [-0.3, -0.25) is 0 Å². The molecule has 0 saturated heterocycles. The van der Waals surface area contributed by atoms with Crippen LogP contribution in [-0.4, -0.2) is 5.60 Å². The quantitative estimate of drug-likeness (QED) is 0.583. The normalized spacial score (nSPS) is 15.0. The molecular weight excluding hydrogens is 136 g/mol. The summed E-state index contributed by atoms with van der Waals surface area (Å²) in [7, 11) is 0. The van der Waals surface area contributed by atoms with Crippen LogP contribution in [0.5, 0.6) is 0 Å². The number of rotatable bonds is 5. The molecule has 0 bridgehead atoms. The molecule has 0 aromatic carbocycles. The molecule has 0 aromatic heterocycles. The van der Waals surface area contributed by atoms with Crippen molar-refractivity contribution in [1.82, 2.24) is 0 Å². The minimum Gasteiger partial charge on any atom is -0.230 e. The predicted octanol–water partition coefficient (Wildman–Crippen LogP) is 3.41. The minimum atomic E-state index is -0.732. The fourth-order valence-electron chi connectivity index (χ4n) is 1.49. The van der Waals surface area contributed by atoms with Gasteiger partial charge >= 0.3 is 0 Å². The van der Waals surface area contributed by atoms with Crippen LogP contribution in [0.25, 0.3) is 0 Å². The Morgan fingerprint density at radius 2 is 1.82 bits per heavy atom. The Kier molecular flexibility index (Phi) is 4.74. The first-order chi connectivity index (χ1) is 5.02. The van der Waals surface area contributed by atoms with E-state index in [1.807, 2.05) is 0 Å². The average Bonchev–Trinajstić information content (AvgIpc) is 1.87. The lowest BCUT2D eigenvalue weighted by molar-refractivity contribution is -0.0515. The first kappa shape index (κ1) is 11.0. The van der Waals surface area contributed by atoms with Crippen LogP contribution in [0.1, 0.15) is 53.4 Å².